The van der Waals surface area contributed by atoms with Gasteiger partial charge in [-0.05, 0) is 46.8 Å². The zero-order valence-corrected chi connectivity index (χ0v) is 10.5. The van der Waals surface area contributed by atoms with Gasteiger partial charge in [0.2, 0.25) is 5.91 Å². The SMILES string of the molecule is CC(C)(NCc1csc(Br)c1)C(N)=O. The van der Waals surface area contributed by atoms with E-state index in [1.165, 1.54) is 0 Å². The smallest absolute Gasteiger partial charge is 0.237 e. The van der Waals surface area contributed by atoms with Gasteiger partial charge >= 0.3 is 0 Å². The third-order valence-corrected chi connectivity index (χ3v) is 3.53. The second-order valence-electron chi connectivity index (χ2n) is 3.60. The van der Waals surface area contributed by atoms with Gasteiger partial charge in [0.15, 0.2) is 0 Å². The predicted octanol–water partition coefficient (Wildman–Crippen LogP) is 1.86. The van der Waals surface area contributed by atoms with Crippen molar-refractivity contribution in [2.75, 3.05) is 0 Å². The fourth-order valence-electron chi connectivity index (χ4n) is 0.849. The van der Waals surface area contributed by atoms with Crippen LogP contribution in [0.25, 0.3) is 0 Å². The fraction of sp³-hybridized carbons (Fsp3) is 0.444. The first-order valence-corrected chi connectivity index (χ1v) is 5.87. The van der Waals surface area contributed by atoms with Gasteiger partial charge in [0, 0.05) is 6.54 Å². The van der Waals surface area contributed by atoms with Gasteiger partial charge in [-0.25, -0.2) is 0 Å². The van der Waals surface area contributed by atoms with Gasteiger partial charge < -0.3 is 5.73 Å². The number of halogens is 1. The lowest BCUT2D eigenvalue weighted by Gasteiger charge is -2.21. The van der Waals surface area contributed by atoms with Crippen LogP contribution in [0.15, 0.2) is 15.2 Å². The number of thiophene rings is 1. The summed E-state index contributed by atoms with van der Waals surface area (Å²) in [5.41, 5.74) is 5.72. The van der Waals surface area contributed by atoms with E-state index in [4.69, 9.17) is 5.73 Å². The Morgan fingerprint density at radius 1 is 1.71 bits per heavy atom. The largest absolute Gasteiger partial charge is 0.368 e. The maximum atomic E-state index is 11.0. The van der Waals surface area contributed by atoms with Crippen LogP contribution in [0.5, 0.6) is 0 Å². The van der Waals surface area contributed by atoms with E-state index in [1.807, 2.05) is 11.4 Å². The summed E-state index contributed by atoms with van der Waals surface area (Å²) >= 11 is 5.00. The summed E-state index contributed by atoms with van der Waals surface area (Å²) in [6, 6.07) is 2.02. The molecular formula is C9H13BrN2OS. The highest BCUT2D eigenvalue weighted by molar-refractivity contribution is 9.11. The zero-order chi connectivity index (χ0) is 10.8. The monoisotopic (exact) mass is 276 g/mol. The predicted molar refractivity (Wildman–Crippen MR) is 62.1 cm³/mol. The van der Waals surface area contributed by atoms with E-state index in [0.29, 0.717) is 6.54 Å². The molecule has 78 valence electrons. The van der Waals surface area contributed by atoms with E-state index in [0.717, 1.165) is 9.35 Å². The lowest BCUT2D eigenvalue weighted by Crippen LogP contribution is -2.50. The standard InChI is InChI=1S/C9H13BrN2OS/c1-9(2,8(11)13)12-4-6-3-7(10)14-5-6/h3,5,12H,4H2,1-2H3,(H2,11,13). The molecular weight excluding hydrogens is 264 g/mol. The van der Waals surface area contributed by atoms with E-state index in [-0.39, 0.29) is 5.91 Å². The number of primary amides is 1. The third-order valence-electron chi connectivity index (χ3n) is 1.97. The third kappa shape index (κ3) is 3.08. The lowest BCUT2D eigenvalue weighted by molar-refractivity contribution is -0.123. The Bertz CT molecular complexity index is 335. The highest BCUT2D eigenvalue weighted by Gasteiger charge is 2.23. The molecule has 0 aliphatic heterocycles. The molecule has 1 rings (SSSR count). The van der Waals surface area contributed by atoms with Crippen LogP contribution in [0.3, 0.4) is 0 Å². The van der Waals surface area contributed by atoms with Crippen LogP contribution in [0.4, 0.5) is 0 Å². The van der Waals surface area contributed by atoms with Gasteiger partial charge in [-0.3, -0.25) is 10.1 Å². The van der Waals surface area contributed by atoms with Crippen LogP contribution >= 0.6 is 27.3 Å². The summed E-state index contributed by atoms with van der Waals surface area (Å²) in [6.07, 6.45) is 0. The van der Waals surface area contributed by atoms with Crippen LogP contribution in [0, 0.1) is 0 Å². The maximum absolute atomic E-state index is 11.0. The van der Waals surface area contributed by atoms with E-state index >= 15 is 0 Å². The number of carbonyl (C=O) groups excluding carboxylic acids is 1. The molecule has 0 bridgehead atoms. The average molecular weight is 277 g/mol. The molecule has 0 unspecified atom stereocenters. The first kappa shape index (κ1) is 11.7. The van der Waals surface area contributed by atoms with Crippen molar-refractivity contribution in [3.05, 3.63) is 20.8 Å². The van der Waals surface area contributed by atoms with Crippen LogP contribution in [0.2, 0.25) is 0 Å². The maximum Gasteiger partial charge on any atom is 0.237 e. The fourth-order valence-corrected chi connectivity index (χ4v) is 2.06. The molecule has 0 spiro atoms. The summed E-state index contributed by atoms with van der Waals surface area (Å²) in [7, 11) is 0. The molecule has 1 aromatic heterocycles. The number of nitrogens with two attached hydrogens (primary N) is 1. The summed E-state index contributed by atoms with van der Waals surface area (Å²) in [5, 5.41) is 5.14. The van der Waals surface area contributed by atoms with Gasteiger partial charge in [-0.15, -0.1) is 11.3 Å². The molecule has 3 nitrogen and oxygen atoms in total. The van der Waals surface area contributed by atoms with Crippen molar-refractivity contribution in [2.24, 2.45) is 5.73 Å². The number of rotatable bonds is 4. The van der Waals surface area contributed by atoms with Gasteiger partial charge in [0.1, 0.15) is 0 Å². The van der Waals surface area contributed by atoms with Crippen LogP contribution < -0.4 is 11.1 Å². The van der Waals surface area contributed by atoms with Gasteiger partial charge in [0.05, 0.1) is 9.33 Å². The van der Waals surface area contributed by atoms with Gasteiger partial charge in [0.25, 0.3) is 0 Å². The van der Waals surface area contributed by atoms with E-state index in [1.54, 1.807) is 25.2 Å². The number of hydrogen-bond acceptors (Lipinski definition) is 3. The molecule has 1 amide bonds. The average Bonchev–Trinajstić information content (AvgIpc) is 2.48. The highest BCUT2D eigenvalue weighted by atomic mass is 79.9. The van der Waals surface area contributed by atoms with Gasteiger partial charge in [-0.1, -0.05) is 0 Å². The van der Waals surface area contributed by atoms with Crippen molar-refractivity contribution in [1.29, 1.82) is 0 Å². The number of hydrogen-bond donors (Lipinski definition) is 2. The summed E-state index contributed by atoms with van der Waals surface area (Å²) in [5.74, 6) is -0.341. The summed E-state index contributed by atoms with van der Waals surface area (Å²) in [4.78, 5) is 11.0. The minimum absolute atomic E-state index is 0.341. The van der Waals surface area contributed by atoms with Crippen molar-refractivity contribution in [1.82, 2.24) is 5.32 Å². The minimum atomic E-state index is -0.658. The Hall–Kier alpha value is -0.390. The summed E-state index contributed by atoms with van der Waals surface area (Å²) < 4.78 is 1.09. The first-order chi connectivity index (χ1) is 6.42. The van der Waals surface area contributed by atoms with E-state index in [9.17, 15) is 4.79 Å². The molecule has 0 aliphatic carbocycles. The molecule has 1 aromatic rings. The molecule has 0 saturated carbocycles. The molecule has 1 heterocycles. The van der Waals surface area contributed by atoms with E-state index < -0.39 is 5.54 Å². The molecule has 0 aliphatic rings. The van der Waals surface area contributed by atoms with Gasteiger partial charge in [-0.2, -0.15) is 0 Å². The molecule has 14 heavy (non-hydrogen) atoms. The van der Waals surface area contributed by atoms with Crippen molar-refractivity contribution in [3.63, 3.8) is 0 Å². The number of nitrogens with one attached hydrogen (secondary N) is 1. The zero-order valence-electron chi connectivity index (χ0n) is 8.13. The Labute approximate surface area is 95.8 Å². The normalized spacial score (nSPS) is 11.6. The first-order valence-electron chi connectivity index (χ1n) is 4.19. The number of carbonyl (C=O) groups is 1. The van der Waals surface area contributed by atoms with Crippen LogP contribution in [0.1, 0.15) is 19.4 Å². The number of amides is 1. The molecule has 0 atom stereocenters. The summed E-state index contributed by atoms with van der Waals surface area (Å²) in [6.45, 7) is 4.20. The minimum Gasteiger partial charge on any atom is -0.368 e. The van der Waals surface area contributed by atoms with Crippen molar-refractivity contribution < 1.29 is 4.79 Å². The highest BCUT2D eigenvalue weighted by Crippen LogP contribution is 2.20. The molecule has 0 radical (unpaired) electrons. The Morgan fingerprint density at radius 3 is 2.79 bits per heavy atom. The second-order valence-corrected chi connectivity index (χ2v) is 5.89. The molecule has 0 fully saturated rings. The van der Waals surface area contributed by atoms with Crippen molar-refractivity contribution in [2.45, 2.75) is 25.9 Å². The Morgan fingerprint density at radius 2 is 2.36 bits per heavy atom. The molecule has 0 aromatic carbocycles. The van der Waals surface area contributed by atoms with Crippen molar-refractivity contribution in [3.8, 4) is 0 Å². The van der Waals surface area contributed by atoms with Crippen molar-refractivity contribution >= 4 is 33.2 Å². The molecule has 3 N–H and O–H groups in total. The topological polar surface area (TPSA) is 55.1 Å². The molecule has 0 saturated heterocycles. The second kappa shape index (κ2) is 4.42. The van der Waals surface area contributed by atoms with Crippen LogP contribution in [-0.2, 0) is 11.3 Å². The lowest BCUT2D eigenvalue weighted by atomic mass is 10.1. The molecule has 5 heteroatoms. The van der Waals surface area contributed by atoms with E-state index in [2.05, 4.69) is 21.2 Å². The quantitative estimate of drug-likeness (QED) is 0.882. The van der Waals surface area contributed by atoms with Crippen LogP contribution in [-0.4, -0.2) is 11.4 Å². The Balaban J connectivity index is 2.52. The Kier molecular flexibility index (Phi) is 3.69.